The maximum absolute atomic E-state index is 6.23. The molecular weight excluding hydrogens is 234 g/mol. The summed E-state index contributed by atoms with van der Waals surface area (Å²) in [4.78, 5) is 0. The van der Waals surface area contributed by atoms with E-state index in [1.165, 1.54) is 70.6 Å². The van der Waals surface area contributed by atoms with E-state index in [4.69, 9.17) is 10.5 Å². The first-order valence-corrected chi connectivity index (χ1v) is 8.63. The van der Waals surface area contributed by atoms with Crippen LogP contribution in [0.3, 0.4) is 0 Å². The van der Waals surface area contributed by atoms with Crippen molar-refractivity contribution in [2.75, 3.05) is 6.61 Å². The van der Waals surface area contributed by atoms with Crippen molar-refractivity contribution in [2.24, 2.45) is 11.7 Å². The lowest BCUT2D eigenvalue weighted by Gasteiger charge is -2.36. The highest BCUT2D eigenvalue weighted by molar-refractivity contribution is 4.83. The molecule has 2 heteroatoms. The number of nitrogens with two attached hydrogens (primary N) is 1. The molecule has 1 saturated carbocycles. The van der Waals surface area contributed by atoms with Gasteiger partial charge in [-0.1, -0.05) is 51.9 Å². The Bertz CT molecular complexity index is 201. The number of hydrogen-bond acceptors (Lipinski definition) is 2. The Morgan fingerprint density at radius 2 is 1.63 bits per heavy atom. The fourth-order valence-corrected chi connectivity index (χ4v) is 3.15. The van der Waals surface area contributed by atoms with Gasteiger partial charge in [-0.15, -0.1) is 0 Å². The van der Waals surface area contributed by atoms with Crippen LogP contribution in [0, 0.1) is 5.92 Å². The third-order valence-corrected chi connectivity index (χ3v) is 4.41. The fourth-order valence-electron chi connectivity index (χ4n) is 3.15. The SMILES string of the molecule is CCCCCCCCCC(N)CC1CC(OCC)C1. The lowest BCUT2D eigenvalue weighted by atomic mass is 9.77. The molecule has 1 aliphatic rings. The molecule has 1 rings (SSSR count). The molecule has 1 aliphatic carbocycles. The molecule has 0 heterocycles. The van der Waals surface area contributed by atoms with E-state index in [9.17, 15) is 0 Å². The minimum absolute atomic E-state index is 0.434. The zero-order valence-corrected chi connectivity index (χ0v) is 13.2. The van der Waals surface area contributed by atoms with Gasteiger partial charge >= 0.3 is 0 Å². The van der Waals surface area contributed by atoms with Crippen LogP contribution in [0.5, 0.6) is 0 Å². The van der Waals surface area contributed by atoms with E-state index < -0.39 is 0 Å². The summed E-state index contributed by atoms with van der Waals surface area (Å²) in [5, 5.41) is 0. The lowest BCUT2D eigenvalue weighted by Crippen LogP contribution is -2.35. The van der Waals surface area contributed by atoms with Crippen molar-refractivity contribution in [1.29, 1.82) is 0 Å². The average Bonchev–Trinajstić information content (AvgIpc) is 2.35. The van der Waals surface area contributed by atoms with Crippen molar-refractivity contribution in [3.8, 4) is 0 Å². The van der Waals surface area contributed by atoms with Crippen LogP contribution in [-0.4, -0.2) is 18.8 Å². The Hall–Kier alpha value is -0.0800. The van der Waals surface area contributed by atoms with E-state index in [0.29, 0.717) is 12.1 Å². The molecule has 0 spiro atoms. The Morgan fingerprint density at radius 1 is 1.00 bits per heavy atom. The summed E-state index contributed by atoms with van der Waals surface area (Å²) in [5.74, 6) is 0.844. The predicted molar refractivity (Wildman–Crippen MR) is 83.3 cm³/mol. The normalized spacial score (nSPS) is 24.2. The summed E-state index contributed by atoms with van der Waals surface area (Å²) >= 11 is 0. The Kier molecular flexibility index (Phi) is 9.54. The minimum Gasteiger partial charge on any atom is -0.378 e. The number of unbranched alkanes of at least 4 members (excludes halogenated alkanes) is 6. The molecule has 2 nitrogen and oxygen atoms in total. The minimum atomic E-state index is 0.434. The summed E-state index contributed by atoms with van der Waals surface area (Å²) in [6, 6.07) is 0.434. The molecule has 0 aromatic heterocycles. The van der Waals surface area contributed by atoms with Gasteiger partial charge in [0.05, 0.1) is 6.10 Å². The van der Waals surface area contributed by atoms with Crippen LogP contribution >= 0.6 is 0 Å². The largest absolute Gasteiger partial charge is 0.378 e. The lowest BCUT2D eigenvalue weighted by molar-refractivity contribution is -0.0283. The van der Waals surface area contributed by atoms with E-state index in [0.717, 1.165) is 12.5 Å². The zero-order valence-electron chi connectivity index (χ0n) is 13.2. The first kappa shape index (κ1) is 17.0. The number of rotatable bonds is 12. The average molecular weight is 269 g/mol. The van der Waals surface area contributed by atoms with Crippen molar-refractivity contribution in [3.63, 3.8) is 0 Å². The van der Waals surface area contributed by atoms with Gasteiger partial charge in [0.25, 0.3) is 0 Å². The maximum Gasteiger partial charge on any atom is 0.0580 e. The van der Waals surface area contributed by atoms with Crippen LogP contribution in [0.1, 0.15) is 84.5 Å². The Morgan fingerprint density at radius 3 is 2.26 bits per heavy atom. The topological polar surface area (TPSA) is 35.2 Å². The summed E-state index contributed by atoms with van der Waals surface area (Å²) in [5.41, 5.74) is 6.23. The second-order valence-corrected chi connectivity index (χ2v) is 6.32. The van der Waals surface area contributed by atoms with Crippen LogP contribution in [0.4, 0.5) is 0 Å². The van der Waals surface area contributed by atoms with Gasteiger partial charge in [0, 0.05) is 12.6 Å². The van der Waals surface area contributed by atoms with Gasteiger partial charge in [0.15, 0.2) is 0 Å². The monoisotopic (exact) mass is 269 g/mol. The molecule has 19 heavy (non-hydrogen) atoms. The van der Waals surface area contributed by atoms with Crippen LogP contribution in [0.2, 0.25) is 0 Å². The highest BCUT2D eigenvalue weighted by Crippen LogP contribution is 2.33. The standard InChI is InChI=1S/C17H35NO/c1-3-5-6-7-8-9-10-11-16(18)12-15-13-17(14-15)19-4-2/h15-17H,3-14,18H2,1-2H3. The maximum atomic E-state index is 6.23. The van der Waals surface area contributed by atoms with Crippen LogP contribution in [0.25, 0.3) is 0 Å². The molecule has 2 N–H and O–H groups in total. The van der Waals surface area contributed by atoms with Gasteiger partial charge in [0.2, 0.25) is 0 Å². The van der Waals surface area contributed by atoms with E-state index >= 15 is 0 Å². The third-order valence-electron chi connectivity index (χ3n) is 4.41. The van der Waals surface area contributed by atoms with Crippen molar-refractivity contribution in [3.05, 3.63) is 0 Å². The van der Waals surface area contributed by atoms with Crippen molar-refractivity contribution >= 4 is 0 Å². The number of hydrogen-bond donors (Lipinski definition) is 1. The van der Waals surface area contributed by atoms with Gasteiger partial charge in [-0.25, -0.2) is 0 Å². The quantitative estimate of drug-likeness (QED) is 0.523. The van der Waals surface area contributed by atoms with Gasteiger partial charge in [0.1, 0.15) is 0 Å². The van der Waals surface area contributed by atoms with Crippen molar-refractivity contribution in [2.45, 2.75) is 96.6 Å². The molecule has 0 aliphatic heterocycles. The molecule has 0 amide bonds. The van der Waals surface area contributed by atoms with Gasteiger partial charge in [-0.2, -0.15) is 0 Å². The van der Waals surface area contributed by atoms with Crippen molar-refractivity contribution in [1.82, 2.24) is 0 Å². The van der Waals surface area contributed by atoms with E-state index in [1.807, 2.05) is 0 Å². The predicted octanol–water partition coefficient (Wildman–Crippen LogP) is 4.66. The molecule has 0 aromatic rings. The van der Waals surface area contributed by atoms with Crippen LogP contribution in [0.15, 0.2) is 0 Å². The highest BCUT2D eigenvalue weighted by atomic mass is 16.5. The van der Waals surface area contributed by atoms with Gasteiger partial charge in [-0.05, 0) is 38.5 Å². The molecule has 0 radical (unpaired) electrons. The molecule has 0 aromatic carbocycles. The fraction of sp³-hybridized carbons (Fsp3) is 1.00. The second-order valence-electron chi connectivity index (χ2n) is 6.32. The smallest absolute Gasteiger partial charge is 0.0580 e. The third kappa shape index (κ3) is 7.94. The molecule has 0 saturated heterocycles. The molecular formula is C17H35NO. The number of ether oxygens (including phenoxy) is 1. The molecule has 1 unspecified atom stereocenters. The molecule has 114 valence electrons. The highest BCUT2D eigenvalue weighted by Gasteiger charge is 2.30. The van der Waals surface area contributed by atoms with E-state index in [-0.39, 0.29) is 0 Å². The second kappa shape index (κ2) is 10.7. The summed E-state index contributed by atoms with van der Waals surface area (Å²) in [6.07, 6.45) is 15.2. The van der Waals surface area contributed by atoms with E-state index in [1.54, 1.807) is 0 Å². The van der Waals surface area contributed by atoms with Gasteiger partial charge < -0.3 is 10.5 Å². The van der Waals surface area contributed by atoms with Crippen LogP contribution in [-0.2, 0) is 4.74 Å². The molecule has 1 atom stereocenters. The summed E-state index contributed by atoms with van der Waals surface area (Å²) < 4.78 is 5.59. The Balaban J connectivity index is 1.85. The van der Waals surface area contributed by atoms with Crippen molar-refractivity contribution < 1.29 is 4.74 Å². The van der Waals surface area contributed by atoms with Crippen LogP contribution < -0.4 is 5.73 Å². The summed E-state index contributed by atoms with van der Waals surface area (Å²) in [7, 11) is 0. The van der Waals surface area contributed by atoms with Gasteiger partial charge in [-0.3, -0.25) is 0 Å². The summed E-state index contributed by atoms with van der Waals surface area (Å²) in [6.45, 7) is 5.22. The van der Waals surface area contributed by atoms with E-state index in [2.05, 4.69) is 13.8 Å². The molecule has 0 bridgehead atoms. The first-order chi connectivity index (χ1) is 9.26. The zero-order chi connectivity index (χ0) is 13.9. The first-order valence-electron chi connectivity index (χ1n) is 8.63. The molecule has 1 fully saturated rings. The Labute approximate surface area is 120 Å².